The molecule has 0 unspecified atom stereocenters. The average Bonchev–Trinajstić information content (AvgIpc) is 2.24. The topological polar surface area (TPSA) is 17.1 Å². The van der Waals surface area contributed by atoms with Crippen LogP contribution < -0.4 is 0 Å². The van der Waals surface area contributed by atoms with E-state index in [-0.39, 0.29) is 17.5 Å². The largest absolute Gasteiger partial charge is 0.441 e. The lowest BCUT2D eigenvalue weighted by Gasteiger charge is -2.05. The molecular formula is C10H9F3OS2. The van der Waals surface area contributed by atoms with Crippen LogP contribution >= 0.6 is 23.5 Å². The van der Waals surface area contributed by atoms with Gasteiger partial charge in [-0.1, -0.05) is 23.9 Å². The molecule has 0 fully saturated rings. The van der Waals surface area contributed by atoms with Crippen LogP contribution in [0.2, 0.25) is 0 Å². The molecular weight excluding hydrogens is 257 g/mol. The minimum atomic E-state index is -4.15. The summed E-state index contributed by atoms with van der Waals surface area (Å²) >= 11 is 1.33. The second-order valence-electron chi connectivity index (χ2n) is 2.83. The van der Waals surface area contributed by atoms with Crippen LogP contribution in [0.5, 0.6) is 0 Å². The molecule has 6 heteroatoms. The second kappa shape index (κ2) is 6.20. The Morgan fingerprint density at radius 2 is 1.75 bits per heavy atom. The number of hydrogen-bond donors (Lipinski definition) is 0. The quantitative estimate of drug-likeness (QED) is 0.458. The van der Waals surface area contributed by atoms with Crippen LogP contribution in [0.15, 0.2) is 29.2 Å². The van der Waals surface area contributed by atoms with Crippen molar-refractivity contribution in [3.05, 3.63) is 29.8 Å². The highest BCUT2D eigenvalue weighted by molar-refractivity contribution is 8.03. The summed E-state index contributed by atoms with van der Waals surface area (Å²) in [6.07, 6.45) is 0.730. The lowest BCUT2D eigenvalue weighted by molar-refractivity contribution is -0.0326. The van der Waals surface area contributed by atoms with Gasteiger partial charge in [-0.2, -0.15) is 13.2 Å². The number of rotatable bonds is 5. The van der Waals surface area contributed by atoms with Gasteiger partial charge in [-0.05, 0) is 12.1 Å². The maximum Gasteiger partial charge on any atom is 0.441 e. The van der Waals surface area contributed by atoms with Crippen molar-refractivity contribution in [2.75, 3.05) is 11.5 Å². The molecule has 0 bridgehead atoms. The third-order valence-corrected chi connectivity index (χ3v) is 3.64. The van der Waals surface area contributed by atoms with Crippen LogP contribution in [0, 0.1) is 0 Å². The van der Waals surface area contributed by atoms with Gasteiger partial charge in [0, 0.05) is 22.0 Å². The Labute approximate surface area is 99.8 Å². The number of alkyl halides is 3. The first-order chi connectivity index (χ1) is 7.51. The first kappa shape index (κ1) is 13.4. The Balaban J connectivity index is 2.29. The van der Waals surface area contributed by atoms with Gasteiger partial charge >= 0.3 is 5.51 Å². The van der Waals surface area contributed by atoms with Crippen molar-refractivity contribution >= 4 is 29.8 Å². The molecule has 0 N–H and O–H groups in total. The number of benzene rings is 1. The standard InChI is InChI=1S/C10H9F3OS2/c11-10(12,13)16-6-5-15-9-3-1-8(7-14)2-4-9/h1-4,7H,5-6H2. The van der Waals surface area contributed by atoms with E-state index in [1.165, 1.54) is 11.8 Å². The van der Waals surface area contributed by atoms with Crippen LogP contribution in [0.3, 0.4) is 0 Å². The third-order valence-electron chi connectivity index (χ3n) is 1.63. The van der Waals surface area contributed by atoms with E-state index in [2.05, 4.69) is 0 Å². The van der Waals surface area contributed by atoms with Gasteiger partial charge in [-0.15, -0.1) is 11.8 Å². The zero-order chi connectivity index (χ0) is 12.0. The van der Waals surface area contributed by atoms with Crippen LogP contribution in [0.4, 0.5) is 13.2 Å². The molecule has 0 saturated heterocycles. The zero-order valence-corrected chi connectivity index (χ0v) is 9.79. The normalized spacial score (nSPS) is 11.4. The molecule has 0 spiro atoms. The van der Waals surface area contributed by atoms with Gasteiger partial charge in [0.05, 0.1) is 0 Å². The molecule has 1 aromatic carbocycles. The second-order valence-corrected chi connectivity index (χ2v) is 5.16. The molecule has 1 aromatic rings. The zero-order valence-electron chi connectivity index (χ0n) is 8.16. The van der Waals surface area contributed by atoms with Crippen molar-refractivity contribution in [1.29, 1.82) is 0 Å². The van der Waals surface area contributed by atoms with Crippen molar-refractivity contribution in [1.82, 2.24) is 0 Å². The van der Waals surface area contributed by atoms with Crippen molar-refractivity contribution in [2.45, 2.75) is 10.4 Å². The summed E-state index contributed by atoms with van der Waals surface area (Å²) in [5, 5.41) is 0. The van der Waals surface area contributed by atoms with Crippen LogP contribution in [-0.4, -0.2) is 23.3 Å². The number of aldehydes is 1. The number of hydrogen-bond acceptors (Lipinski definition) is 3. The third kappa shape index (κ3) is 5.46. The Morgan fingerprint density at radius 3 is 2.25 bits per heavy atom. The summed E-state index contributed by atoms with van der Waals surface area (Å²) in [5.74, 6) is 0.425. The molecule has 0 aliphatic carbocycles. The number of halogens is 3. The Morgan fingerprint density at radius 1 is 1.12 bits per heavy atom. The first-order valence-electron chi connectivity index (χ1n) is 4.40. The number of carbonyl (C=O) groups excluding carboxylic acids is 1. The van der Waals surface area contributed by atoms with Gasteiger partial charge < -0.3 is 0 Å². The van der Waals surface area contributed by atoms with Crippen molar-refractivity contribution < 1.29 is 18.0 Å². The molecule has 0 radical (unpaired) electrons. The van der Waals surface area contributed by atoms with E-state index >= 15 is 0 Å². The molecule has 0 aliphatic heterocycles. The highest BCUT2D eigenvalue weighted by Crippen LogP contribution is 2.31. The minimum Gasteiger partial charge on any atom is -0.298 e. The van der Waals surface area contributed by atoms with E-state index in [0.717, 1.165) is 11.2 Å². The SMILES string of the molecule is O=Cc1ccc(SCCSC(F)(F)F)cc1. The first-order valence-corrected chi connectivity index (χ1v) is 6.37. The van der Waals surface area contributed by atoms with Crippen molar-refractivity contribution in [3.8, 4) is 0 Å². The van der Waals surface area contributed by atoms with E-state index < -0.39 is 5.51 Å². The van der Waals surface area contributed by atoms with Crippen LogP contribution in [-0.2, 0) is 0 Å². The van der Waals surface area contributed by atoms with Crippen molar-refractivity contribution in [2.24, 2.45) is 0 Å². The average molecular weight is 266 g/mol. The molecule has 0 saturated carbocycles. The maximum absolute atomic E-state index is 11.8. The molecule has 0 heterocycles. The van der Waals surface area contributed by atoms with Gasteiger partial charge in [0.2, 0.25) is 0 Å². The lowest BCUT2D eigenvalue weighted by Crippen LogP contribution is -2.02. The van der Waals surface area contributed by atoms with Gasteiger partial charge in [0.25, 0.3) is 0 Å². The minimum absolute atomic E-state index is 0.0165. The van der Waals surface area contributed by atoms with Gasteiger partial charge in [0.15, 0.2) is 0 Å². The Kier molecular flexibility index (Phi) is 5.21. The van der Waals surface area contributed by atoms with E-state index in [9.17, 15) is 18.0 Å². The van der Waals surface area contributed by atoms with Gasteiger partial charge in [-0.3, -0.25) is 4.79 Å². The molecule has 88 valence electrons. The number of thioether (sulfide) groups is 2. The van der Waals surface area contributed by atoms with Crippen LogP contribution in [0.25, 0.3) is 0 Å². The van der Waals surface area contributed by atoms with E-state index in [0.29, 0.717) is 11.3 Å². The fourth-order valence-electron chi connectivity index (χ4n) is 0.960. The van der Waals surface area contributed by atoms with E-state index in [4.69, 9.17) is 0 Å². The monoisotopic (exact) mass is 266 g/mol. The Hall–Kier alpha value is -0.620. The van der Waals surface area contributed by atoms with Crippen molar-refractivity contribution in [3.63, 3.8) is 0 Å². The highest BCUT2D eigenvalue weighted by atomic mass is 32.2. The summed E-state index contributed by atoms with van der Waals surface area (Å²) in [6, 6.07) is 6.75. The van der Waals surface area contributed by atoms with E-state index in [1.807, 2.05) is 0 Å². The fraction of sp³-hybridized carbons (Fsp3) is 0.300. The smallest absolute Gasteiger partial charge is 0.298 e. The summed E-state index contributed by atoms with van der Waals surface area (Å²) in [7, 11) is 0. The molecule has 1 nitrogen and oxygen atoms in total. The summed E-state index contributed by atoms with van der Waals surface area (Å²) in [6.45, 7) is 0. The van der Waals surface area contributed by atoms with E-state index in [1.54, 1.807) is 24.3 Å². The summed E-state index contributed by atoms with van der Waals surface area (Å²) < 4.78 is 35.4. The highest BCUT2D eigenvalue weighted by Gasteiger charge is 2.27. The predicted molar refractivity (Wildman–Crippen MR) is 61.1 cm³/mol. The molecule has 16 heavy (non-hydrogen) atoms. The summed E-state index contributed by atoms with van der Waals surface area (Å²) in [5.41, 5.74) is -3.59. The molecule has 0 aliphatic rings. The Bertz CT molecular complexity index is 335. The predicted octanol–water partition coefficient (Wildman–Crippen LogP) is 3.84. The molecule has 0 amide bonds. The summed E-state index contributed by atoms with van der Waals surface area (Å²) in [4.78, 5) is 11.2. The fourth-order valence-corrected chi connectivity index (χ4v) is 2.42. The molecule has 0 atom stereocenters. The van der Waals surface area contributed by atoms with Crippen LogP contribution in [0.1, 0.15) is 10.4 Å². The molecule has 1 rings (SSSR count). The molecule has 0 aromatic heterocycles. The lowest BCUT2D eigenvalue weighted by atomic mass is 10.2. The van der Waals surface area contributed by atoms with Gasteiger partial charge in [0.1, 0.15) is 6.29 Å². The maximum atomic E-state index is 11.8. The number of carbonyl (C=O) groups is 1. The van der Waals surface area contributed by atoms with Gasteiger partial charge in [-0.25, -0.2) is 0 Å².